The van der Waals surface area contributed by atoms with Crippen molar-refractivity contribution in [2.75, 3.05) is 22.9 Å². The van der Waals surface area contributed by atoms with E-state index in [1.807, 2.05) is 24.3 Å². The van der Waals surface area contributed by atoms with E-state index < -0.39 is 0 Å². The van der Waals surface area contributed by atoms with Gasteiger partial charge in [-0.1, -0.05) is 73.1 Å². The first kappa shape index (κ1) is 42.2. The van der Waals surface area contributed by atoms with Gasteiger partial charge in [-0.05, 0) is 104 Å². The van der Waals surface area contributed by atoms with Gasteiger partial charge in [-0.25, -0.2) is 0 Å². The molecule has 248 valence electrons. The maximum absolute atomic E-state index is 8.83. The minimum Gasteiger partial charge on any atom is -0.398 e. The van der Waals surface area contributed by atoms with Crippen molar-refractivity contribution >= 4 is 101 Å². The number of nitrogen functional groups attached to an aromatic ring is 4. The molecule has 0 bridgehead atoms. The Labute approximate surface area is 317 Å². The van der Waals surface area contributed by atoms with Gasteiger partial charge in [-0.3, -0.25) is 0 Å². The number of hydrogen-bond acceptors (Lipinski definition) is 8. The van der Waals surface area contributed by atoms with Crippen LogP contribution in [0.25, 0.3) is 0 Å². The summed E-state index contributed by atoms with van der Waals surface area (Å²) in [6.07, 6.45) is 3.73. The van der Waals surface area contributed by atoms with Crippen molar-refractivity contribution in [1.29, 1.82) is 21.0 Å². The molecule has 8 N–H and O–H groups in total. The van der Waals surface area contributed by atoms with Crippen molar-refractivity contribution in [2.24, 2.45) is 0 Å². The number of halogens is 6. The van der Waals surface area contributed by atoms with Gasteiger partial charge in [0.2, 0.25) is 0 Å². The second-order valence-corrected chi connectivity index (χ2v) is 13.0. The first-order valence-corrected chi connectivity index (χ1v) is 17.0. The number of anilines is 4. The second kappa shape index (κ2) is 21.2. The molecule has 0 fully saturated rings. The number of nitrogens with two attached hydrogens (primary N) is 4. The average molecular weight is 852 g/mol. The van der Waals surface area contributed by atoms with Crippen LogP contribution < -0.4 is 22.9 Å². The van der Waals surface area contributed by atoms with E-state index in [9.17, 15) is 0 Å². The highest BCUT2D eigenvalue weighted by Crippen LogP contribution is 2.35. The van der Waals surface area contributed by atoms with Gasteiger partial charge in [0.1, 0.15) is 24.3 Å². The molecule has 4 rings (SSSR count). The van der Waals surface area contributed by atoms with Crippen molar-refractivity contribution in [3.05, 3.63) is 111 Å². The smallest absolute Gasteiger partial charge is 0.101 e. The first-order valence-electron chi connectivity index (χ1n) is 13.9. The summed E-state index contributed by atoms with van der Waals surface area (Å²) in [6.45, 7) is 4.13. The Balaban J connectivity index is 0.000000322. The SMILES string of the molecule is CCCc1cc(C#N)c(N)c(Br)c1Cl.CCCc1cc(C#N)c(N)cc1Cl.N#Cc1cc(Br)c(Cl)cc1N.N#Cc1ccc(Cl)cc1N. The summed E-state index contributed by atoms with van der Waals surface area (Å²) in [4.78, 5) is 0. The molecule has 4 aromatic carbocycles. The van der Waals surface area contributed by atoms with Crippen molar-refractivity contribution in [3.63, 3.8) is 0 Å². The molecular formula is C34H30Br2Cl4N8. The molecule has 0 unspecified atom stereocenters. The minimum atomic E-state index is 0.403. The topological polar surface area (TPSA) is 199 Å². The molecule has 0 saturated carbocycles. The van der Waals surface area contributed by atoms with E-state index in [0.717, 1.165) is 36.8 Å². The maximum atomic E-state index is 8.83. The molecule has 0 amide bonds. The molecule has 0 aliphatic heterocycles. The van der Waals surface area contributed by atoms with Crippen LogP contribution in [0.2, 0.25) is 20.1 Å². The van der Waals surface area contributed by atoms with E-state index >= 15 is 0 Å². The van der Waals surface area contributed by atoms with Crippen molar-refractivity contribution in [1.82, 2.24) is 0 Å². The molecule has 48 heavy (non-hydrogen) atoms. The number of nitriles is 4. The van der Waals surface area contributed by atoms with Crippen LogP contribution in [0.15, 0.2) is 57.5 Å². The Morgan fingerprint density at radius 1 is 0.583 bits per heavy atom. The summed E-state index contributed by atoms with van der Waals surface area (Å²) in [5.74, 6) is 0. The van der Waals surface area contributed by atoms with E-state index in [0.29, 0.717) is 74.0 Å². The second-order valence-electron chi connectivity index (χ2n) is 9.69. The lowest BCUT2D eigenvalue weighted by atomic mass is 10.1. The fourth-order valence-electron chi connectivity index (χ4n) is 3.72. The van der Waals surface area contributed by atoms with Crippen LogP contribution in [0, 0.1) is 45.3 Å². The predicted octanol–water partition coefficient (Wildman–Crippen LogP) is 10.6. The minimum absolute atomic E-state index is 0.403. The van der Waals surface area contributed by atoms with Crippen LogP contribution in [0.1, 0.15) is 60.1 Å². The number of aryl methyl sites for hydroxylation is 2. The van der Waals surface area contributed by atoms with Crippen LogP contribution in [-0.4, -0.2) is 0 Å². The van der Waals surface area contributed by atoms with Crippen LogP contribution in [0.5, 0.6) is 0 Å². The zero-order valence-electron chi connectivity index (χ0n) is 25.8. The maximum Gasteiger partial charge on any atom is 0.101 e. The quantitative estimate of drug-likeness (QED) is 0.145. The van der Waals surface area contributed by atoms with Gasteiger partial charge in [0.15, 0.2) is 0 Å². The van der Waals surface area contributed by atoms with E-state index in [2.05, 4.69) is 45.7 Å². The molecule has 0 saturated heterocycles. The molecule has 0 heterocycles. The monoisotopic (exact) mass is 848 g/mol. The van der Waals surface area contributed by atoms with Crippen LogP contribution >= 0.6 is 78.3 Å². The Morgan fingerprint density at radius 3 is 1.54 bits per heavy atom. The highest BCUT2D eigenvalue weighted by atomic mass is 79.9. The summed E-state index contributed by atoms with van der Waals surface area (Å²) in [7, 11) is 0. The molecule has 0 aliphatic rings. The normalized spacial score (nSPS) is 9.42. The molecule has 14 heteroatoms. The summed E-state index contributed by atoms with van der Waals surface area (Å²) in [5.41, 5.74) is 27.7. The molecule has 0 atom stereocenters. The molecule has 0 aliphatic carbocycles. The Bertz CT molecular complexity index is 1920. The van der Waals surface area contributed by atoms with Crippen LogP contribution in [-0.2, 0) is 12.8 Å². The van der Waals surface area contributed by atoms with Crippen molar-refractivity contribution in [3.8, 4) is 24.3 Å². The average Bonchev–Trinajstić information content (AvgIpc) is 3.05. The third-order valence-corrected chi connectivity index (χ3v) is 9.43. The van der Waals surface area contributed by atoms with Crippen molar-refractivity contribution < 1.29 is 0 Å². The Kier molecular flexibility index (Phi) is 18.6. The van der Waals surface area contributed by atoms with Gasteiger partial charge < -0.3 is 22.9 Å². The Hall–Kier alpha value is -3.84. The summed E-state index contributed by atoms with van der Waals surface area (Å²) < 4.78 is 1.31. The largest absolute Gasteiger partial charge is 0.398 e. The molecule has 0 radical (unpaired) electrons. The van der Waals surface area contributed by atoms with Gasteiger partial charge >= 0.3 is 0 Å². The van der Waals surface area contributed by atoms with E-state index in [1.54, 1.807) is 48.5 Å². The highest BCUT2D eigenvalue weighted by Gasteiger charge is 2.12. The Morgan fingerprint density at radius 2 is 1.04 bits per heavy atom. The predicted molar refractivity (Wildman–Crippen MR) is 206 cm³/mol. The number of rotatable bonds is 4. The van der Waals surface area contributed by atoms with Gasteiger partial charge in [0.25, 0.3) is 0 Å². The summed E-state index contributed by atoms with van der Waals surface area (Å²) in [6, 6.07) is 21.1. The van der Waals surface area contributed by atoms with Crippen LogP contribution in [0.4, 0.5) is 22.7 Å². The lowest BCUT2D eigenvalue weighted by Gasteiger charge is -2.08. The number of benzene rings is 4. The molecule has 0 spiro atoms. The van der Waals surface area contributed by atoms with Gasteiger partial charge in [-0.2, -0.15) is 21.0 Å². The fourth-order valence-corrected chi connectivity index (χ4v) is 5.40. The molecule has 4 aromatic rings. The number of hydrogen-bond donors (Lipinski definition) is 4. The number of nitrogens with zero attached hydrogens (tertiary/aromatic N) is 4. The third kappa shape index (κ3) is 12.6. The van der Waals surface area contributed by atoms with Gasteiger partial charge in [0, 0.05) is 14.5 Å². The molecular weight excluding hydrogens is 822 g/mol. The molecule has 8 nitrogen and oxygen atoms in total. The molecule has 0 aromatic heterocycles. The van der Waals surface area contributed by atoms with Crippen molar-refractivity contribution in [2.45, 2.75) is 39.5 Å². The first-order chi connectivity index (χ1) is 22.7. The van der Waals surface area contributed by atoms with E-state index in [1.165, 1.54) is 0 Å². The van der Waals surface area contributed by atoms with E-state index in [-0.39, 0.29) is 0 Å². The third-order valence-electron chi connectivity index (χ3n) is 6.16. The van der Waals surface area contributed by atoms with Gasteiger partial charge in [0.05, 0.1) is 59.5 Å². The lowest BCUT2D eigenvalue weighted by Crippen LogP contribution is -1.96. The zero-order valence-corrected chi connectivity index (χ0v) is 32.0. The fraction of sp³-hybridized carbons (Fsp3) is 0.176. The van der Waals surface area contributed by atoms with Gasteiger partial charge in [-0.15, -0.1) is 0 Å². The van der Waals surface area contributed by atoms with Crippen LogP contribution in [0.3, 0.4) is 0 Å². The lowest BCUT2D eigenvalue weighted by molar-refractivity contribution is 0.921. The van der Waals surface area contributed by atoms with E-state index in [4.69, 9.17) is 90.4 Å². The zero-order chi connectivity index (χ0) is 36.6. The highest BCUT2D eigenvalue weighted by molar-refractivity contribution is 9.11. The standard InChI is InChI=1S/C10H10BrClN2.C10H11ClN2.C7H4BrClN2.C7H5ClN2/c1-2-3-6-4-7(5-13)10(14)8(11)9(6)12;1-2-3-7-4-8(6-12)10(13)5-9(7)11;8-5-1-4(3-10)7(11)2-6(5)9;8-6-2-1-5(4-9)7(10)3-6/h4H,2-3,14H2,1H3;4-5H,2-3,13H2,1H3;1-2H,11H2;1-3H,10H2. The summed E-state index contributed by atoms with van der Waals surface area (Å²) >= 11 is 29.8. The summed E-state index contributed by atoms with van der Waals surface area (Å²) in [5, 5.41) is 36.9.